The van der Waals surface area contributed by atoms with E-state index in [0.29, 0.717) is 6.04 Å². The number of halogens is 1. The maximum atomic E-state index is 5.46. The average Bonchev–Trinajstić information content (AvgIpc) is 2.79. The van der Waals surface area contributed by atoms with Crippen molar-refractivity contribution in [3.63, 3.8) is 0 Å². The Labute approximate surface area is 104 Å². The molecule has 1 aromatic carbocycles. The van der Waals surface area contributed by atoms with Gasteiger partial charge in [-0.25, -0.2) is 0 Å². The SMILES string of the molecule is COCOc1cc(Br)cc(C2CCCN2)c1. The van der Waals surface area contributed by atoms with Crippen molar-refractivity contribution >= 4 is 15.9 Å². The smallest absolute Gasteiger partial charge is 0.188 e. The van der Waals surface area contributed by atoms with E-state index in [1.54, 1.807) is 7.11 Å². The van der Waals surface area contributed by atoms with Crippen molar-refractivity contribution in [1.82, 2.24) is 5.32 Å². The Morgan fingerprint density at radius 3 is 3.00 bits per heavy atom. The summed E-state index contributed by atoms with van der Waals surface area (Å²) in [5, 5.41) is 3.48. The molecule has 0 aliphatic carbocycles. The van der Waals surface area contributed by atoms with Gasteiger partial charge in [0.05, 0.1) is 0 Å². The van der Waals surface area contributed by atoms with Crippen LogP contribution in [0.15, 0.2) is 22.7 Å². The fourth-order valence-corrected chi connectivity index (χ4v) is 2.45. The topological polar surface area (TPSA) is 30.5 Å². The normalized spacial score (nSPS) is 20.0. The number of hydrogen-bond donors (Lipinski definition) is 1. The average molecular weight is 286 g/mol. The molecular weight excluding hydrogens is 270 g/mol. The Balaban J connectivity index is 2.14. The molecule has 1 saturated heterocycles. The maximum Gasteiger partial charge on any atom is 0.188 e. The van der Waals surface area contributed by atoms with Crippen LogP contribution < -0.4 is 10.1 Å². The summed E-state index contributed by atoms with van der Waals surface area (Å²) < 4.78 is 11.4. The van der Waals surface area contributed by atoms with Crippen LogP contribution in [-0.2, 0) is 4.74 Å². The summed E-state index contributed by atoms with van der Waals surface area (Å²) in [6, 6.07) is 6.63. The lowest BCUT2D eigenvalue weighted by Gasteiger charge is -2.13. The van der Waals surface area contributed by atoms with Crippen LogP contribution in [0.1, 0.15) is 24.4 Å². The molecule has 0 amide bonds. The third-order valence-electron chi connectivity index (χ3n) is 2.70. The van der Waals surface area contributed by atoms with Gasteiger partial charge in [-0.1, -0.05) is 15.9 Å². The lowest BCUT2D eigenvalue weighted by Crippen LogP contribution is -2.13. The molecular formula is C12H16BrNO2. The second-order valence-corrected chi connectivity index (χ2v) is 4.84. The Bertz CT molecular complexity index is 351. The first-order valence-corrected chi connectivity index (χ1v) is 6.24. The second-order valence-electron chi connectivity index (χ2n) is 3.92. The molecule has 0 bridgehead atoms. The van der Waals surface area contributed by atoms with Crippen molar-refractivity contribution in [3.8, 4) is 5.75 Å². The molecule has 1 fully saturated rings. The molecule has 3 nitrogen and oxygen atoms in total. The highest BCUT2D eigenvalue weighted by molar-refractivity contribution is 9.10. The van der Waals surface area contributed by atoms with Gasteiger partial charge in [0.1, 0.15) is 5.75 Å². The first kappa shape index (κ1) is 11.9. The van der Waals surface area contributed by atoms with Gasteiger partial charge in [-0.15, -0.1) is 0 Å². The lowest BCUT2D eigenvalue weighted by molar-refractivity contribution is 0.0510. The molecule has 1 heterocycles. The molecule has 0 aromatic heterocycles. The van der Waals surface area contributed by atoms with Crippen LogP contribution in [0.5, 0.6) is 5.75 Å². The van der Waals surface area contributed by atoms with Crippen molar-refractivity contribution in [2.24, 2.45) is 0 Å². The van der Waals surface area contributed by atoms with E-state index in [1.807, 2.05) is 6.07 Å². The molecule has 16 heavy (non-hydrogen) atoms. The van der Waals surface area contributed by atoms with E-state index in [9.17, 15) is 0 Å². The maximum absolute atomic E-state index is 5.46. The van der Waals surface area contributed by atoms with E-state index >= 15 is 0 Å². The third kappa shape index (κ3) is 2.97. The van der Waals surface area contributed by atoms with E-state index in [2.05, 4.69) is 33.4 Å². The molecule has 0 radical (unpaired) electrons. The predicted octanol–water partition coefficient (Wildman–Crippen LogP) is 2.86. The molecule has 1 aromatic rings. The molecule has 1 aliphatic heterocycles. The summed E-state index contributed by atoms with van der Waals surface area (Å²) in [5.74, 6) is 0.847. The molecule has 0 spiro atoms. The molecule has 88 valence electrons. The van der Waals surface area contributed by atoms with Crippen LogP contribution in [-0.4, -0.2) is 20.4 Å². The Kier molecular flexibility index (Phi) is 4.21. The van der Waals surface area contributed by atoms with E-state index in [4.69, 9.17) is 9.47 Å². The second kappa shape index (κ2) is 5.66. The molecule has 1 aliphatic rings. The largest absolute Gasteiger partial charge is 0.468 e. The summed E-state index contributed by atoms with van der Waals surface area (Å²) in [6.07, 6.45) is 2.44. The van der Waals surface area contributed by atoms with Crippen LogP contribution in [0, 0.1) is 0 Å². The highest BCUT2D eigenvalue weighted by Gasteiger charge is 2.17. The zero-order valence-corrected chi connectivity index (χ0v) is 10.9. The van der Waals surface area contributed by atoms with Gasteiger partial charge in [-0.05, 0) is 43.1 Å². The fourth-order valence-electron chi connectivity index (χ4n) is 1.96. The number of benzene rings is 1. The number of nitrogens with one attached hydrogen (secondary N) is 1. The van der Waals surface area contributed by atoms with Crippen LogP contribution >= 0.6 is 15.9 Å². The first-order chi connectivity index (χ1) is 7.79. The molecule has 1 atom stereocenters. The van der Waals surface area contributed by atoms with Gasteiger partial charge in [-0.2, -0.15) is 0 Å². The Morgan fingerprint density at radius 1 is 1.44 bits per heavy atom. The summed E-state index contributed by atoms with van der Waals surface area (Å²) >= 11 is 3.50. The monoisotopic (exact) mass is 285 g/mol. The van der Waals surface area contributed by atoms with Gasteiger partial charge < -0.3 is 14.8 Å². The Hall–Kier alpha value is -0.580. The highest BCUT2D eigenvalue weighted by Crippen LogP contribution is 2.29. The zero-order chi connectivity index (χ0) is 11.4. The lowest BCUT2D eigenvalue weighted by atomic mass is 10.1. The summed E-state index contributed by atoms with van der Waals surface area (Å²) in [7, 11) is 1.62. The predicted molar refractivity (Wildman–Crippen MR) is 66.6 cm³/mol. The first-order valence-electron chi connectivity index (χ1n) is 5.45. The minimum atomic E-state index is 0.286. The third-order valence-corrected chi connectivity index (χ3v) is 3.16. The number of methoxy groups -OCH3 is 1. The van der Waals surface area contributed by atoms with Crippen molar-refractivity contribution in [1.29, 1.82) is 0 Å². The number of rotatable bonds is 4. The van der Waals surface area contributed by atoms with Gasteiger partial charge in [0.2, 0.25) is 0 Å². The van der Waals surface area contributed by atoms with Crippen molar-refractivity contribution in [3.05, 3.63) is 28.2 Å². The van der Waals surface area contributed by atoms with E-state index in [-0.39, 0.29) is 6.79 Å². The highest BCUT2D eigenvalue weighted by atomic mass is 79.9. The van der Waals surface area contributed by atoms with E-state index in [0.717, 1.165) is 16.8 Å². The van der Waals surface area contributed by atoms with Crippen molar-refractivity contribution in [2.45, 2.75) is 18.9 Å². The molecule has 4 heteroatoms. The minimum Gasteiger partial charge on any atom is -0.468 e. The van der Waals surface area contributed by atoms with E-state index in [1.165, 1.54) is 18.4 Å². The van der Waals surface area contributed by atoms with Crippen LogP contribution in [0.3, 0.4) is 0 Å². The molecule has 0 saturated carbocycles. The molecule has 2 rings (SSSR count). The Morgan fingerprint density at radius 2 is 2.31 bits per heavy atom. The number of hydrogen-bond acceptors (Lipinski definition) is 3. The quantitative estimate of drug-likeness (QED) is 0.863. The number of ether oxygens (including phenoxy) is 2. The summed E-state index contributed by atoms with van der Waals surface area (Å²) in [6.45, 7) is 1.39. The fraction of sp³-hybridized carbons (Fsp3) is 0.500. The zero-order valence-electron chi connectivity index (χ0n) is 9.33. The van der Waals surface area contributed by atoms with Gasteiger partial charge >= 0.3 is 0 Å². The van der Waals surface area contributed by atoms with Gasteiger partial charge in [0, 0.05) is 17.6 Å². The van der Waals surface area contributed by atoms with Crippen LogP contribution in [0.4, 0.5) is 0 Å². The standard InChI is InChI=1S/C12H16BrNO2/c1-15-8-16-11-6-9(5-10(13)7-11)12-3-2-4-14-12/h5-7,12,14H,2-4,8H2,1H3. The van der Waals surface area contributed by atoms with Crippen LogP contribution in [0.25, 0.3) is 0 Å². The molecule has 1 unspecified atom stereocenters. The van der Waals surface area contributed by atoms with Gasteiger partial charge in [0.15, 0.2) is 6.79 Å². The minimum absolute atomic E-state index is 0.286. The molecule has 1 N–H and O–H groups in total. The van der Waals surface area contributed by atoms with Gasteiger partial charge in [-0.3, -0.25) is 0 Å². The van der Waals surface area contributed by atoms with Crippen molar-refractivity contribution < 1.29 is 9.47 Å². The van der Waals surface area contributed by atoms with E-state index < -0.39 is 0 Å². The van der Waals surface area contributed by atoms with Gasteiger partial charge in [0.25, 0.3) is 0 Å². The van der Waals surface area contributed by atoms with Crippen LogP contribution in [0.2, 0.25) is 0 Å². The summed E-state index contributed by atoms with van der Waals surface area (Å²) in [5.41, 5.74) is 1.28. The summed E-state index contributed by atoms with van der Waals surface area (Å²) in [4.78, 5) is 0. The van der Waals surface area contributed by atoms with Crippen molar-refractivity contribution in [2.75, 3.05) is 20.4 Å².